The molecule has 106 valence electrons. The van der Waals surface area contributed by atoms with Crippen molar-refractivity contribution in [1.82, 2.24) is 20.2 Å². The molecule has 0 radical (unpaired) electrons. The summed E-state index contributed by atoms with van der Waals surface area (Å²) >= 11 is 13.2. The average molecular weight is 430 g/mol. The van der Waals surface area contributed by atoms with Gasteiger partial charge in [-0.3, -0.25) is 0 Å². The first-order valence-electron chi connectivity index (χ1n) is 5.86. The number of hydrogen-bond donors (Lipinski definition) is 1. The maximum Gasteiger partial charge on any atom is 0.190 e. The molecular weight excluding hydrogens is 421 g/mol. The first-order valence-corrected chi connectivity index (χ1v) is 7.82. The standard InChI is InChI=1S/C13H8Br2ClN5/c14-7-4-5-8(15)11(6-7)21-13(18-19-20-21)12-9(16)2-1-3-10(12)17/h1-6H,17H2. The SMILES string of the molecule is Nc1cccc(Cl)c1-c1nnnn1-c1cc(Br)ccc1Br. The van der Waals surface area contributed by atoms with E-state index >= 15 is 0 Å². The Labute approximate surface area is 142 Å². The van der Waals surface area contributed by atoms with Crippen molar-refractivity contribution in [2.24, 2.45) is 0 Å². The highest BCUT2D eigenvalue weighted by Crippen LogP contribution is 2.34. The molecule has 0 bridgehead atoms. The number of halogens is 3. The zero-order valence-corrected chi connectivity index (χ0v) is 14.4. The number of benzene rings is 2. The van der Waals surface area contributed by atoms with Gasteiger partial charge in [0.1, 0.15) is 0 Å². The van der Waals surface area contributed by atoms with Crippen molar-refractivity contribution in [3.8, 4) is 17.1 Å². The van der Waals surface area contributed by atoms with E-state index in [1.165, 1.54) is 0 Å². The third kappa shape index (κ3) is 2.68. The zero-order valence-electron chi connectivity index (χ0n) is 10.5. The van der Waals surface area contributed by atoms with Crippen LogP contribution in [0.1, 0.15) is 0 Å². The van der Waals surface area contributed by atoms with E-state index < -0.39 is 0 Å². The topological polar surface area (TPSA) is 69.6 Å². The molecule has 0 unspecified atom stereocenters. The second-order valence-corrected chi connectivity index (χ2v) is 6.39. The fraction of sp³-hybridized carbons (Fsp3) is 0. The summed E-state index contributed by atoms with van der Waals surface area (Å²) < 4.78 is 3.35. The van der Waals surface area contributed by atoms with Crippen LogP contribution in [-0.4, -0.2) is 20.2 Å². The number of rotatable bonds is 2. The van der Waals surface area contributed by atoms with E-state index in [2.05, 4.69) is 47.4 Å². The minimum Gasteiger partial charge on any atom is -0.398 e. The molecule has 1 aromatic heterocycles. The van der Waals surface area contributed by atoms with Gasteiger partial charge in [-0.05, 0) is 56.7 Å². The molecule has 2 N–H and O–H groups in total. The van der Waals surface area contributed by atoms with Crippen molar-refractivity contribution in [1.29, 1.82) is 0 Å². The van der Waals surface area contributed by atoms with Gasteiger partial charge < -0.3 is 5.73 Å². The summed E-state index contributed by atoms with van der Waals surface area (Å²) in [6.45, 7) is 0. The number of nitrogens with zero attached hydrogens (tertiary/aromatic N) is 4. The number of anilines is 1. The van der Waals surface area contributed by atoms with Crippen molar-refractivity contribution in [3.05, 3.63) is 50.4 Å². The van der Waals surface area contributed by atoms with Crippen LogP contribution in [0.3, 0.4) is 0 Å². The monoisotopic (exact) mass is 427 g/mol. The van der Waals surface area contributed by atoms with E-state index in [9.17, 15) is 0 Å². The van der Waals surface area contributed by atoms with Gasteiger partial charge in [-0.25, -0.2) is 0 Å². The van der Waals surface area contributed by atoms with Gasteiger partial charge in [0.2, 0.25) is 0 Å². The van der Waals surface area contributed by atoms with E-state index in [4.69, 9.17) is 17.3 Å². The molecule has 0 aliphatic rings. The molecule has 1 heterocycles. The first-order chi connectivity index (χ1) is 10.1. The van der Waals surface area contributed by atoms with E-state index in [0.717, 1.165) is 14.6 Å². The van der Waals surface area contributed by atoms with Gasteiger partial charge in [0.05, 0.1) is 16.3 Å². The molecule has 0 atom stereocenters. The van der Waals surface area contributed by atoms with Crippen LogP contribution in [0.15, 0.2) is 45.3 Å². The van der Waals surface area contributed by atoms with E-state index in [0.29, 0.717) is 22.1 Å². The molecule has 8 heteroatoms. The number of nitrogens with two attached hydrogens (primary N) is 1. The molecule has 0 fully saturated rings. The molecule has 3 rings (SSSR count). The van der Waals surface area contributed by atoms with Crippen molar-refractivity contribution >= 4 is 49.1 Å². The Bertz CT molecular complexity index is 798. The summed E-state index contributed by atoms with van der Waals surface area (Å²) in [5, 5.41) is 12.3. The maximum absolute atomic E-state index is 6.24. The zero-order chi connectivity index (χ0) is 15.0. The number of hydrogen-bond acceptors (Lipinski definition) is 4. The Balaban J connectivity index is 2.25. The molecular formula is C13H8Br2ClN5. The van der Waals surface area contributed by atoms with Crippen molar-refractivity contribution < 1.29 is 0 Å². The quantitative estimate of drug-likeness (QED) is 0.623. The number of nitrogen functional groups attached to an aromatic ring is 1. The lowest BCUT2D eigenvalue weighted by atomic mass is 10.1. The van der Waals surface area contributed by atoms with E-state index in [-0.39, 0.29) is 0 Å². The van der Waals surface area contributed by atoms with Crippen LogP contribution >= 0.6 is 43.5 Å². The predicted molar refractivity (Wildman–Crippen MR) is 89.4 cm³/mol. The molecule has 0 saturated carbocycles. The highest BCUT2D eigenvalue weighted by molar-refractivity contribution is 9.11. The molecule has 0 saturated heterocycles. The minimum absolute atomic E-state index is 0.483. The lowest BCUT2D eigenvalue weighted by molar-refractivity contribution is 0.788. The number of tetrazole rings is 1. The van der Waals surface area contributed by atoms with Crippen LogP contribution in [0.4, 0.5) is 5.69 Å². The summed E-state index contributed by atoms with van der Waals surface area (Å²) in [7, 11) is 0. The molecule has 2 aromatic carbocycles. The number of aromatic nitrogens is 4. The lowest BCUT2D eigenvalue weighted by Crippen LogP contribution is -2.03. The predicted octanol–water partition coefficient (Wildman–Crippen LogP) is 4.09. The van der Waals surface area contributed by atoms with Gasteiger partial charge in [-0.15, -0.1) is 5.10 Å². The summed E-state index contributed by atoms with van der Waals surface area (Å²) in [6, 6.07) is 11.0. The molecule has 3 aromatic rings. The summed E-state index contributed by atoms with van der Waals surface area (Å²) in [5.41, 5.74) is 7.92. The van der Waals surface area contributed by atoms with E-state index in [1.807, 2.05) is 18.2 Å². The molecule has 0 spiro atoms. The normalized spacial score (nSPS) is 10.8. The van der Waals surface area contributed by atoms with Crippen molar-refractivity contribution in [3.63, 3.8) is 0 Å². The highest BCUT2D eigenvalue weighted by atomic mass is 79.9. The molecule has 0 amide bonds. The Morgan fingerprint density at radius 2 is 1.95 bits per heavy atom. The molecule has 0 aliphatic heterocycles. The van der Waals surface area contributed by atoms with Crippen LogP contribution in [0.25, 0.3) is 17.1 Å². The van der Waals surface area contributed by atoms with Crippen LogP contribution in [0, 0.1) is 0 Å². The van der Waals surface area contributed by atoms with Gasteiger partial charge in [0.25, 0.3) is 0 Å². The molecule has 0 aliphatic carbocycles. The van der Waals surface area contributed by atoms with Gasteiger partial charge in [0, 0.05) is 14.6 Å². The van der Waals surface area contributed by atoms with Gasteiger partial charge in [-0.1, -0.05) is 33.6 Å². The van der Waals surface area contributed by atoms with E-state index in [1.54, 1.807) is 22.9 Å². The fourth-order valence-electron chi connectivity index (χ4n) is 1.93. The maximum atomic E-state index is 6.24. The second kappa shape index (κ2) is 5.75. The van der Waals surface area contributed by atoms with Crippen LogP contribution < -0.4 is 5.73 Å². The van der Waals surface area contributed by atoms with Gasteiger partial charge in [-0.2, -0.15) is 4.68 Å². The smallest absolute Gasteiger partial charge is 0.190 e. The second-order valence-electron chi connectivity index (χ2n) is 4.21. The fourth-order valence-corrected chi connectivity index (χ4v) is 2.96. The Morgan fingerprint density at radius 3 is 2.71 bits per heavy atom. The minimum atomic E-state index is 0.483. The molecule has 5 nitrogen and oxygen atoms in total. The Kier molecular flexibility index (Phi) is 3.97. The largest absolute Gasteiger partial charge is 0.398 e. The Hall–Kier alpha value is -1.44. The van der Waals surface area contributed by atoms with Crippen LogP contribution in [0.5, 0.6) is 0 Å². The summed E-state index contributed by atoms with van der Waals surface area (Å²) in [5.74, 6) is 0.483. The van der Waals surface area contributed by atoms with Crippen LogP contribution in [-0.2, 0) is 0 Å². The van der Waals surface area contributed by atoms with Gasteiger partial charge in [0.15, 0.2) is 5.82 Å². The van der Waals surface area contributed by atoms with Gasteiger partial charge >= 0.3 is 0 Å². The van der Waals surface area contributed by atoms with Crippen molar-refractivity contribution in [2.75, 3.05) is 5.73 Å². The average Bonchev–Trinajstić information content (AvgIpc) is 2.90. The first kappa shape index (κ1) is 14.5. The summed E-state index contributed by atoms with van der Waals surface area (Å²) in [4.78, 5) is 0. The lowest BCUT2D eigenvalue weighted by Gasteiger charge is -2.10. The highest BCUT2D eigenvalue weighted by Gasteiger charge is 2.18. The Morgan fingerprint density at radius 1 is 1.14 bits per heavy atom. The summed E-state index contributed by atoms with van der Waals surface area (Å²) in [6.07, 6.45) is 0. The molecule has 21 heavy (non-hydrogen) atoms. The van der Waals surface area contributed by atoms with Crippen molar-refractivity contribution in [2.45, 2.75) is 0 Å². The third-order valence-corrected chi connectivity index (χ3v) is 4.35. The van der Waals surface area contributed by atoms with Crippen LogP contribution in [0.2, 0.25) is 5.02 Å². The third-order valence-electron chi connectivity index (χ3n) is 2.88.